The highest BCUT2D eigenvalue weighted by Gasteiger charge is 2.44. The van der Waals surface area contributed by atoms with Crippen molar-refractivity contribution in [2.45, 2.75) is 56.1 Å². The average Bonchev–Trinajstić information content (AvgIpc) is 3.57. The number of hydrogen-bond acceptors (Lipinski definition) is 10. The smallest absolute Gasteiger partial charge is 0.407 e. The van der Waals surface area contributed by atoms with Crippen LogP contribution in [0.2, 0.25) is 0 Å². The number of benzene rings is 2. The largest absolute Gasteiger partial charge is 0.481 e. The third-order valence-corrected chi connectivity index (χ3v) is 9.58. The minimum absolute atomic E-state index is 0.0175. The lowest BCUT2D eigenvalue weighted by molar-refractivity contribution is -0.0907. The van der Waals surface area contributed by atoms with Crippen molar-refractivity contribution in [1.29, 1.82) is 0 Å². The Bertz CT molecular complexity index is 1400. The van der Waals surface area contributed by atoms with Gasteiger partial charge in [-0.1, -0.05) is 26.0 Å². The van der Waals surface area contributed by atoms with Crippen molar-refractivity contribution >= 4 is 29.4 Å². The summed E-state index contributed by atoms with van der Waals surface area (Å²) in [5, 5.41) is 14.2. The monoisotopic (exact) mass is 657 g/mol. The van der Waals surface area contributed by atoms with Gasteiger partial charge in [0, 0.05) is 18.8 Å². The molecular formula is C28H40N3O11PS. The number of rotatable bonds is 14. The summed E-state index contributed by atoms with van der Waals surface area (Å²) in [6.45, 7) is 4.16. The maximum absolute atomic E-state index is 13.6. The van der Waals surface area contributed by atoms with Gasteiger partial charge in [-0.2, -0.15) is 4.31 Å². The second-order valence-corrected chi connectivity index (χ2v) is 14.9. The fraction of sp³-hybridized carbons (Fsp3) is 0.536. The number of sulfonamides is 1. The molecule has 4 rings (SSSR count). The summed E-state index contributed by atoms with van der Waals surface area (Å²) in [7, 11) is -8.40. The van der Waals surface area contributed by atoms with Crippen LogP contribution in [0.15, 0.2) is 53.4 Å². The molecule has 2 fully saturated rings. The van der Waals surface area contributed by atoms with Crippen LogP contribution in [0.3, 0.4) is 0 Å². The Morgan fingerprint density at radius 2 is 1.80 bits per heavy atom. The summed E-state index contributed by atoms with van der Waals surface area (Å²) in [5.74, 6) is 0.0389. The number of anilines is 1. The van der Waals surface area contributed by atoms with E-state index in [0.717, 1.165) is 0 Å². The molecule has 0 aromatic heterocycles. The highest BCUT2D eigenvalue weighted by atomic mass is 32.2. The Hall–Kier alpha value is -2.75. The molecule has 16 heteroatoms. The summed E-state index contributed by atoms with van der Waals surface area (Å²) in [5.41, 5.74) is 6.77. The molecule has 5 atom stereocenters. The first-order valence-corrected chi connectivity index (χ1v) is 17.5. The Kier molecular flexibility index (Phi) is 11.3. The van der Waals surface area contributed by atoms with E-state index in [9.17, 15) is 22.9 Å². The summed E-state index contributed by atoms with van der Waals surface area (Å²) in [4.78, 5) is 31.2. The van der Waals surface area contributed by atoms with Gasteiger partial charge in [0.2, 0.25) is 10.0 Å². The fourth-order valence-corrected chi connectivity index (χ4v) is 7.03. The van der Waals surface area contributed by atoms with Crippen LogP contribution in [-0.2, 0) is 35.2 Å². The van der Waals surface area contributed by atoms with Crippen LogP contribution in [-0.4, -0.2) is 90.9 Å². The quantitative estimate of drug-likeness (QED) is 0.146. The number of aliphatic hydroxyl groups is 1. The van der Waals surface area contributed by atoms with Crippen molar-refractivity contribution in [3.8, 4) is 5.75 Å². The summed E-state index contributed by atoms with van der Waals surface area (Å²) < 4.78 is 61.3. The molecule has 44 heavy (non-hydrogen) atoms. The zero-order valence-electron chi connectivity index (χ0n) is 24.5. The number of hydrogen-bond donors (Lipinski definition) is 5. The molecule has 0 bridgehead atoms. The first-order valence-electron chi connectivity index (χ1n) is 14.2. The SMILES string of the molecule is CC(C)CN(C[C@@H](O)[C@H](Cc1ccc(OCP(=O)(O)O)cc1)NC(=O)O[C@H]1CO[C@H]2OCC[C@H]21)S(=O)(=O)c1ccc(N)cc1. The van der Waals surface area contributed by atoms with Gasteiger partial charge in [0.1, 0.15) is 11.9 Å². The van der Waals surface area contributed by atoms with Crippen molar-refractivity contribution in [3.63, 3.8) is 0 Å². The minimum Gasteiger partial charge on any atom is -0.481 e. The first-order chi connectivity index (χ1) is 20.7. The number of nitrogen functional groups attached to an aromatic ring is 1. The molecule has 2 aliphatic heterocycles. The molecule has 0 unspecified atom stereocenters. The Morgan fingerprint density at radius 1 is 1.11 bits per heavy atom. The van der Waals surface area contributed by atoms with Crippen LogP contribution in [0, 0.1) is 11.8 Å². The molecule has 0 aliphatic carbocycles. The van der Waals surface area contributed by atoms with Gasteiger partial charge in [0.25, 0.3) is 0 Å². The number of amides is 1. The van der Waals surface area contributed by atoms with E-state index in [2.05, 4.69) is 5.32 Å². The van der Waals surface area contributed by atoms with Gasteiger partial charge in [0.15, 0.2) is 12.6 Å². The van der Waals surface area contributed by atoms with Crippen LogP contribution in [0.5, 0.6) is 5.75 Å². The number of carbonyl (C=O) groups is 1. The third-order valence-electron chi connectivity index (χ3n) is 7.27. The van der Waals surface area contributed by atoms with E-state index < -0.39 is 54.6 Å². The van der Waals surface area contributed by atoms with Crippen molar-refractivity contribution in [1.82, 2.24) is 9.62 Å². The van der Waals surface area contributed by atoms with E-state index >= 15 is 0 Å². The maximum atomic E-state index is 13.6. The first kappa shape index (κ1) is 34.1. The van der Waals surface area contributed by atoms with Crippen molar-refractivity contribution in [2.75, 3.05) is 38.4 Å². The lowest BCUT2D eigenvalue weighted by Gasteiger charge is -2.31. The minimum atomic E-state index is -4.37. The molecule has 244 valence electrons. The number of fused-ring (bicyclic) bond motifs is 1. The molecule has 2 aromatic carbocycles. The van der Waals surface area contributed by atoms with Crippen molar-refractivity contribution in [2.24, 2.45) is 11.8 Å². The highest BCUT2D eigenvalue weighted by molar-refractivity contribution is 7.89. The molecule has 0 saturated carbocycles. The predicted molar refractivity (Wildman–Crippen MR) is 159 cm³/mol. The molecule has 2 aliphatic rings. The van der Waals surface area contributed by atoms with E-state index in [4.69, 9.17) is 34.5 Å². The molecule has 2 heterocycles. The number of carbonyl (C=O) groups excluding carboxylic acids is 1. The van der Waals surface area contributed by atoms with Crippen LogP contribution < -0.4 is 15.8 Å². The Morgan fingerprint density at radius 3 is 2.43 bits per heavy atom. The van der Waals surface area contributed by atoms with E-state index in [0.29, 0.717) is 24.3 Å². The van der Waals surface area contributed by atoms with Crippen molar-refractivity contribution in [3.05, 3.63) is 54.1 Å². The molecule has 2 saturated heterocycles. The van der Waals surface area contributed by atoms with Crippen molar-refractivity contribution < 1.29 is 51.6 Å². The number of nitrogens with one attached hydrogen (secondary N) is 1. The maximum Gasteiger partial charge on any atom is 0.407 e. The molecule has 0 spiro atoms. The standard InChI is InChI=1S/C28H40N3O11PS/c1-18(2)14-31(44(37,38)22-9-5-20(29)6-10-22)15-25(32)24(13-19-3-7-21(8-4-19)41-17-43(34,35)36)30-28(33)42-26-16-40-27-23(26)11-12-39-27/h3-10,18,23-27,32H,11-17,29H2,1-2H3,(H,30,33)(H2,34,35,36)/t23-,24-,25+,26-,27+/m0/s1. The zero-order valence-corrected chi connectivity index (χ0v) is 26.2. The van der Waals surface area contributed by atoms with Crippen LogP contribution in [0.25, 0.3) is 0 Å². The molecule has 6 N–H and O–H groups in total. The van der Waals surface area contributed by atoms with Crippen LogP contribution >= 0.6 is 7.60 Å². The normalized spacial score (nSPS) is 21.7. The van der Waals surface area contributed by atoms with Crippen LogP contribution in [0.4, 0.5) is 10.5 Å². The lowest BCUT2D eigenvalue weighted by Crippen LogP contribution is -2.51. The molecule has 2 aromatic rings. The number of nitrogens with zero attached hydrogens (tertiary/aromatic N) is 1. The van der Waals surface area contributed by atoms with E-state index in [1.165, 1.54) is 40.7 Å². The molecular weight excluding hydrogens is 617 g/mol. The second kappa shape index (κ2) is 14.6. The molecule has 1 amide bonds. The van der Waals surface area contributed by atoms with Gasteiger partial charge in [-0.25, -0.2) is 13.2 Å². The van der Waals surface area contributed by atoms with E-state index in [-0.39, 0.29) is 48.6 Å². The van der Waals surface area contributed by atoms with Gasteiger partial charge in [-0.15, -0.1) is 0 Å². The third kappa shape index (κ3) is 9.38. The Labute approximate surface area is 256 Å². The summed E-state index contributed by atoms with van der Waals surface area (Å²) >= 11 is 0. The predicted octanol–water partition coefficient (Wildman–Crippen LogP) is 1.89. The second-order valence-electron chi connectivity index (χ2n) is 11.4. The van der Waals surface area contributed by atoms with Gasteiger partial charge in [-0.05, 0) is 60.7 Å². The lowest BCUT2D eigenvalue weighted by atomic mass is 10.0. The van der Waals surface area contributed by atoms with Crippen LogP contribution in [0.1, 0.15) is 25.8 Å². The number of aliphatic hydroxyl groups excluding tert-OH is 1. The highest BCUT2D eigenvalue weighted by Crippen LogP contribution is 2.35. The van der Waals surface area contributed by atoms with Gasteiger partial charge in [-0.3, -0.25) is 4.57 Å². The Balaban J connectivity index is 1.52. The summed E-state index contributed by atoms with van der Waals surface area (Å²) in [6.07, 6.45) is -3.15. The van der Waals surface area contributed by atoms with E-state index in [1.807, 2.05) is 13.8 Å². The average molecular weight is 658 g/mol. The van der Waals surface area contributed by atoms with Gasteiger partial charge >= 0.3 is 13.7 Å². The number of ether oxygens (including phenoxy) is 4. The number of alkyl carbamates (subject to hydrolysis) is 1. The zero-order chi connectivity index (χ0) is 32.1. The molecule has 0 radical (unpaired) electrons. The van der Waals surface area contributed by atoms with Gasteiger partial charge < -0.3 is 44.9 Å². The topological polar surface area (TPSA) is 207 Å². The number of nitrogens with two attached hydrogens (primary N) is 1. The summed E-state index contributed by atoms with van der Waals surface area (Å²) in [6, 6.07) is 11.0. The molecule has 14 nitrogen and oxygen atoms in total. The van der Waals surface area contributed by atoms with Gasteiger partial charge in [0.05, 0.1) is 36.2 Å². The fourth-order valence-electron chi connectivity index (χ4n) is 5.09. The van der Waals surface area contributed by atoms with E-state index in [1.54, 1.807) is 12.1 Å².